The summed E-state index contributed by atoms with van der Waals surface area (Å²) in [6, 6.07) is 13.8. The molecule has 1 aromatic heterocycles. The largest absolute Gasteiger partial charge is 0.460 e. The second-order valence-electron chi connectivity index (χ2n) is 7.71. The molecule has 0 aliphatic heterocycles. The molecule has 4 nitrogen and oxygen atoms in total. The lowest BCUT2D eigenvalue weighted by atomic mass is 9.73. The van der Waals surface area contributed by atoms with Crippen LogP contribution in [-0.4, -0.2) is 21.2 Å². The predicted molar refractivity (Wildman–Crippen MR) is 102 cm³/mol. The minimum absolute atomic E-state index is 0.0284. The van der Waals surface area contributed by atoms with Gasteiger partial charge in [-0.1, -0.05) is 42.5 Å². The molecule has 1 N–H and O–H groups in total. The van der Waals surface area contributed by atoms with Gasteiger partial charge in [-0.15, -0.1) is 0 Å². The first-order chi connectivity index (χ1) is 12.2. The number of hydrogen-bond acceptors (Lipinski definition) is 3. The van der Waals surface area contributed by atoms with Gasteiger partial charge in [-0.05, 0) is 51.8 Å². The number of esters is 1. The highest BCUT2D eigenvalue weighted by Gasteiger charge is 2.53. The second kappa shape index (κ2) is 6.76. The summed E-state index contributed by atoms with van der Waals surface area (Å²) in [5.41, 5.74) is 0.932. The Balaban J connectivity index is 1.83. The standard InChI is InChI=1S/C22H27NO3/c1-16-10-11-17(2)23(16)19-12-13-22(14-19,21(3,4)25)20(24)26-15-18-8-6-5-7-9-18/h5-13,19,25H,14-15H2,1-4H3. The molecule has 0 saturated carbocycles. The zero-order chi connectivity index (χ0) is 18.9. The van der Waals surface area contributed by atoms with Crippen LogP contribution in [0.5, 0.6) is 0 Å². The molecule has 4 heteroatoms. The van der Waals surface area contributed by atoms with Crippen molar-refractivity contribution in [3.63, 3.8) is 0 Å². The lowest BCUT2D eigenvalue weighted by Crippen LogP contribution is -2.48. The molecule has 26 heavy (non-hydrogen) atoms. The van der Waals surface area contributed by atoms with Gasteiger partial charge in [0.1, 0.15) is 12.0 Å². The number of carbonyl (C=O) groups excluding carboxylic acids is 1. The molecule has 2 aromatic rings. The van der Waals surface area contributed by atoms with Crippen molar-refractivity contribution in [2.24, 2.45) is 5.41 Å². The summed E-state index contributed by atoms with van der Waals surface area (Å²) in [5.74, 6) is -0.380. The zero-order valence-corrected chi connectivity index (χ0v) is 15.9. The minimum atomic E-state index is -1.22. The number of nitrogens with zero attached hydrogens (tertiary/aromatic N) is 1. The number of aromatic nitrogens is 1. The Morgan fingerprint density at radius 3 is 2.38 bits per heavy atom. The van der Waals surface area contributed by atoms with Crippen molar-refractivity contribution in [1.29, 1.82) is 0 Å². The molecule has 1 aromatic carbocycles. The number of carbonyl (C=O) groups is 1. The molecule has 2 atom stereocenters. The minimum Gasteiger partial charge on any atom is -0.460 e. The van der Waals surface area contributed by atoms with Crippen LogP contribution in [0.4, 0.5) is 0 Å². The average molecular weight is 353 g/mol. The van der Waals surface area contributed by atoms with Crippen LogP contribution in [0, 0.1) is 19.3 Å². The summed E-state index contributed by atoms with van der Waals surface area (Å²) in [7, 11) is 0. The van der Waals surface area contributed by atoms with E-state index >= 15 is 0 Å². The normalized spacial score (nSPS) is 22.6. The van der Waals surface area contributed by atoms with E-state index in [0.717, 1.165) is 17.0 Å². The number of benzene rings is 1. The Hall–Kier alpha value is -2.33. The Morgan fingerprint density at radius 2 is 1.81 bits per heavy atom. The number of hydrogen-bond donors (Lipinski definition) is 1. The Bertz CT molecular complexity index is 794. The van der Waals surface area contributed by atoms with E-state index in [2.05, 4.69) is 30.5 Å². The molecule has 0 amide bonds. The van der Waals surface area contributed by atoms with Crippen molar-refractivity contribution in [2.75, 3.05) is 0 Å². The van der Waals surface area contributed by atoms with Gasteiger partial charge in [0.15, 0.2) is 0 Å². The van der Waals surface area contributed by atoms with E-state index in [1.807, 2.05) is 42.5 Å². The third kappa shape index (κ3) is 3.21. The van der Waals surface area contributed by atoms with Gasteiger partial charge < -0.3 is 14.4 Å². The molecule has 0 saturated heterocycles. The van der Waals surface area contributed by atoms with Gasteiger partial charge in [0.2, 0.25) is 0 Å². The number of rotatable bonds is 5. The van der Waals surface area contributed by atoms with E-state index < -0.39 is 11.0 Å². The lowest BCUT2D eigenvalue weighted by Gasteiger charge is -2.37. The van der Waals surface area contributed by atoms with Crippen LogP contribution in [0.1, 0.15) is 43.3 Å². The van der Waals surface area contributed by atoms with Crippen LogP contribution in [0.3, 0.4) is 0 Å². The van der Waals surface area contributed by atoms with Crippen LogP contribution in [0.15, 0.2) is 54.6 Å². The van der Waals surface area contributed by atoms with Gasteiger partial charge in [0, 0.05) is 11.4 Å². The fourth-order valence-electron chi connectivity index (χ4n) is 3.83. The van der Waals surface area contributed by atoms with Gasteiger partial charge in [0.05, 0.1) is 11.6 Å². The van der Waals surface area contributed by atoms with Crippen molar-refractivity contribution < 1.29 is 14.6 Å². The van der Waals surface area contributed by atoms with E-state index in [0.29, 0.717) is 6.42 Å². The third-order valence-corrected chi connectivity index (χ3v) is 5.46. The van der Waals surface area contributed by atoms with Gasteiger partial charge in [-0.25, -0.2) is 0 Å². The first kappa shape index (κ1) is 18.5. The van der Waals surface area contributed by atoms with E-state index in [1.54, 1.807) is 13.8 Å². The third-order valence-electron chi connectivity index (χ3n) is 5.46. The van der Waals surface area contributed by atoms with Crippen molar-refractivity contribution in [3.8, 4) is 0 Å². The molecule has 1 aliphatic rings. The van der Waals surface area contributed by atoms with Crippen molar-refractivity contribution in [3.05, 3.63) is 71.6 Å². The van der Waals surface area contributed by atoms with Crippen molar-refractivity contribution in [1.82, 2.24) is 4.57 Å². The van der Waals surface area contributed by atoms with Crippen LogP contribution in [-0.2, 0) is 16.1 Å². The van der Waals surface area contributed by atoms with Crippen LogP contribution in [0.2, 0.25) is 0 Å². The number of ether oxygens (including phenoxy) is 1. The molecule has 2 unspecified atom stereocenters. The van der Waals surface area contributed by atoms with E-state index in [-0.39, 0.29) is 18.6 Å². The first-order valence-corrected chi connectivity index (χ1v) is 9.02. The van der Waals surface area contributed by atoms with Gasteiger partial charge in [-0.2, -0.15) is 0 Å². The molecule has 0 fully saturated rings. The summed E-state index contributed by atoms with van der Waals surface area (Å²) in [5, 5.41) is 10.8. The molecule has 0 spiro atoms. The average Bonchev–Trinajstić information content (AvgIpc) is 3.17. The van der Waals surface area contributed by atoms with E-state index in [1.165, 1.54) is 0 Å². The maximum atomic E-state index is 13.0. The molecule has 1 heterocycles. The summed E-state index contributed by atoms with van der Waals surface area (Å²) in [6.07, 6.45) is 4.34. The molecular weight excluding hydrogens is 326 g/mol. The number of aryl methyl sites for hydroxylation is 2. The van der Waals surface area contributed by atoms with E-state index in [4.69, 9.17) is 4.74 Å². The summed E-state index contributed by atoms with van der Waals surface area (Å²) >= 11 is 0. The monoisotopic (exact) mass is 353 g/mol. The molecular formula is C22H27NO3. The fourth-order valence-corrected chi connectivity index (χ4v) is 3.83. The highest BCUT2D eigenvalue weighted by atomic mass is 16.5. The quantitative estimate of drug-likeness (QED) is 0.650. The number of aliphatic hydroxyl groups is 1. The fraction of sp³-hybridized carbons (Fsp3) is 0.409. The second-order valence-corrected chi connectivity index (χ2v) is 7.71. The zero-order valence-electron chi connectivity index (χ0n) is 15.9. The summed E-state index contributed by atoms with van der Waals surface area (Å²) in [6.45, 7) is 7.67. The van der Waals surface area contributed by atoms with Gasteiger partial charge in [0.25, 0.3) is 0 Å². The lowest BCUT2D eigenvalue weighted by molar-refractivity contribution is -0.167. The summed E-state index contributed by atoms with van der Waals surface area (Å²) < 4.78 is 7.81. The highest BCUT2D eigenvalue weighted by molar-refractivity contribution is 5.81. The van der Waals surface area contributed by atoms with Crippen LogP contribution in [0.25, 0.3) is 0 Å². The van der Waals surface area contributed by atoms with Gasteiger partial charge >= 0.3 is 5.97 Å². The molecule has 0 bridgehead atoms. The van der Waals surface area contributed by atoms with Gasteiger partial charge in [-0.3, -0.25) is 4.79 Å². The Kier molecular flexibility index (Phi) is 4.80. The SMILES string of the molecule is Cc1ccc(C)n1C1C=CC(C(=O)OCc2ccccc2)(C(C)(C)O)C1. The molecule has 1 aliphatic carbocycles. The van der Waals surface area contributed by atoms with Crippen LogP contribution >= 0.6 is 0 Å². The number of allylic oxidation sites excluding steroid dienone is 1. The van der Waals surface area contributed by atoms with Crippen LogP contribution < -0.4 is 0 Å². The maximum Gasteiger partial charge on any atom is 0.319 e. The van der Waals surface area contributed by atoms with E-state index in [9.17, 15) is 9.90 Å². The van der Waals surface area contributed by atoms with Crippen molar-refractivity contribution >= 4 is 5.97 Å². The topological polar surface area (TPSA) is 51.5 Å². The smallest absolute Gasteiger partial charge is 0.319 e. The molecule has 138 valence electrons. The summed E-state index contributed by atoms with van der Waals surface area (Å²) in [4.78, 5) is 13.0. The predicted octanol–water partition coefficient (Wildman–Crippen LogP) is 4.11. The Labute approximate surface area is 155 Å². The Morgan fingerprint density at radius 1 is 1.19 bits per heavy atom. The van der Waals surface area contributed by atoms with Crippen molar-refractivity contribution in [2.45, 2.75) is 52.4 Å². The maximum absolute atomic E-state index is 13.0. The molecule has 0 radical (unpaired) electrons. The molecule has 3 rings (SSSR count). The highest BCUT2D eigenvalue weighted by Crippen LogP contribution is 2.47. The first-order valence-electron chi connectivity index (χ1n) is 9.02.